The summed E-state index contributed by atoms with van der Waals surface area (Å²) in [7, 11) is 0. The summed E-state index contributed by atoms with van der Waals surface area (Å²) in [6.45, 7) is 6.23. The van der Waals surface area contributed by atoms with E-state index in [1.165, 1.54) is 23.4 Å². The van der Waals surface area contributed by atoms with E-state index in [9.17, 15) is 10.1 Å². The molecule has 6 nitrogen and oxygen atoms in total. The highest BCUT2D eigenvalue weighted by molar-refractivity contribution is 5.82. The van der Waals surface area contributed by atoms with E-state index in [2.05, 4.69) is 10.5 Å². The van der Waals surface area contributed by atoms with E-state index in [0.717, 1.165) is 5.69 Å². The summed E-state index contributed by atoms with van der Waals surface area (Å²) in [6, 6.07) is 10.7. The van der Waals surface area contributed by atoms with Crippen LogP contribution in [-0.2, 0) is 0 Å². The van der Waals surface area contributed by atoms with Crippen molar-refractivity contribution in [2.75, 3.05) is 12.0 Å². The van der Waals surface area contributed by atoms with Crippen LogP contribution in [0.5, 0.6) is 5.75 Å². The highest BCUT2D eigenvalue weighted by atomic mass is 16.6. The van der Waals surface area contributed by atoms with Gasteiger partial charge in [0.05, 0.1) is 23.4 Å². The average molecular weight is 313 g/mol. The molecular weight excluding hydrogens is 294 g/mol. The molecule has 0 spiro atoms. The molecule has 23 heavy (non-hydrogen) atoms. The minimum atomic E-state index is -0.459. The molecule has 0 amide bonds. The van der Waals surface area contributed by atoms with Gasteiger partial charge in [-0.05, 0) is 56.2 Å². The van der Waals surface area contributed by atoms with Crippen molar-refractivity contribution >= 4 is 17.6 Å². The fraction of sp³-hybridized carbons (Fsp3) is 0.235. The molecule has 0 radical (unpaired) electrons. The molecule has 0 saturated heterocycles. The third-order valence-electron chi connectivity index (χ3n) is 3.39. The minimum Gasteiger partial charge on any atom is -0.487 e. The number of nitro benzene ring substituents is 1. The van der Waals surface area contributed by atoms with Crippen molar-refractivity contribution in [3.05, 3.63) is 63.2 Å². The normalized spacial score (nSPS) is 10.7. The number of aryl methyl sites for hydroxylation is 2. The Kier molecular flexibility index (Phi) is 5.30. The molecule has 0 aliphatic heterocycles. The molecule has 2 aromatic carbocycles. The minimum absolute atomic E-state index is 0.0676. The number of ether oxygens (including phenoxy) is 1. The standard InChI is InChI=1S/C17H19N3O3/c1-4-23-17-8-6-14(10-16(17)20(21)22)11-18-19-15-7-5-12(2)13(3)9-15/h5-11,19H,4H2,1-3H3/b18-11+. The number of hydrazone groups is 1. The zero-order chi connectivity index (χ0) is 16.8. The third-order valence-corrected chi connectivity index (χ3v) is 3.39. The number of benzene rings is 2. The maximum Gasteiger partial charge on any atom is 0.311 e. The first-order valence-corrected chi connectivity index (χ1v) is 7.29. The Balaban J connectivity index is 2.14. The van der Waals surface area contributed by atoms with Gasteiger partial charge in [0.2, 0.25) is 0 Å². The van der Waals surface area contributed by atoms with Gasteiger partial charge < -0.3 is 4.74 Å². The summed E-state index contributed by atoms with van der Waals surface area (Å²) in [5, 5.41) is 15.2. The van der Waals surface area contributed by atoms with Crippen molar-refractivity contribution in [3.63, 3.8) is 0 Å². The Morgan fingerprint density at radius 3 is 2.65 bits per heavy atom. The van der Waals surface area contributed by atoms with E-state index in [4.69, 9.17) is 4.74 Å². The van der Waals surface area contributed by atoms with E-state index in [1.807, 2.05) is 32.0 Å². The lowest BCUT2D eigenvalue weighted by atomic mass is 10.1. The smallest absolute Gasteiger partial charge is 0.311 e. The van der Waals surface area contributed by atoms with E-state index in [-0.39, 0.29) is 11.4 Å². The van der Waals surface area contributed by atoms with Crippen molar-refractivity contribution in [1.29, 1.82) is 0 Å². The van der Waals surface area contributed by atoms with E-state index in [1.54, 1.807) is 19.1 Å². The van der Waals surface area contributed by atoms with Crippen LogP contribution < -0.4 is 10.2 Å². The summed E-state index contributed by atoms with van der Waals surface area (Å²) in [6.07, 6.45) is 1.54. The second-order valence-electron chi connectivity index (χ2n) is 5.09. The van der Waals surface area contributed by atoms with Gasteiger partial charge in [0.15, 0.2) is 5.75 Å². The molecule has 6 heteroatoms. The van der Waals surface area contributed by atoms with Crippen molar-refractivity contribution in [1.82, 2.24) is 0 Å². The molecule has 0 aromatic heterocycles. The van der Waals surface area contributed by atoms with Crippen LogP contribution in [0.15, 0.2) is 41.5 Å². The Bertz CT molecular complexity index is 742. The lowest BCUT2D eigenvalue weighted by Gasteiger charge is -2.05. The van der Waals surface area contributed by atoms with Crippen molar-refractivity contribution in [2.24, 2.45) is 5.10 Å². The van der Waals surface area contributed by atoms with Crippen molar-refractivity contribution in [3.8, 4) is 5.75 Å². The summed E-state index contributed by atoms with van der Waals surface area (Å²) in [5.74, 6) is 0.261. The Hall–Kier alpha value is -2.89. The van der Waals surface area contributed by atoms with Gasteiger partial charge in [-0.2, -0.15) is 5.10 Å². The first-order valence-electron chi connectivity index (χ1n) is 7.29. The van der Waals surface area contributed by atoms with E-state index >= 15 is 0 Å². The molecule has 0 atom stereocenters. The zero-order valence-corrected chi connectivity index (χ0v) is 13.4. The van der Waals surface area contributed by atoms with Crippen LogP contribution in [0.25, 0.3) is 0 Å². The van der Waals surface area contributed by atoms with Crippen LogP contribution in [0.1, 0.15) is 23.6 Å². The summed E-state index contributed by atoms with van der Waals surface area (Å²) < 4.78 is 5.25. The maximum absolute atomic E-state index is 11.1. The molecule has 120 valence electrons. The number of hydrogen-bond donors (Lipinski definition) is 1. The predicted molar refractivity (Wildman–Crippen MR) is 91.4 cm³/mol. The third kappa shape index (κ3) is 4.29. The molecular formula is C17H19N3O3. The van der Waals surface area contributed by atoms with Gasteiger partial charge in [-0.25, -0.2) is 0 Å². The Morgan fingerprint density at radius 1 is 1.22 bits per heavy atom. The average Bonchev–Trinajstić information content (AvgIpc) is 2.52. The highest BCUT2D eigenvalue weighted by Gasteiger charge is 2.14. The van der Waals surface area contributed by atoms with Gasteiger partial charge in [-0.1, -0.05) is 6.07 Å². The quantitative estimate of drug-likeness (QED) is 0.496. The maximum atomic E-state index is 11.1. The van der Waals surface area contributed by atoms with Crippen LogP contribution >= 0.6 is 0 Å². The fourth-order valence-corrected chi connectivity index (χ4v) is 2.03. The molecule has 0 aliphatic rings. The van der Waals surface area contributed by atoms with Crippen LogP contribution in [0.2, 0.25) is 0 Å². The first kappa shape index (κ1) is 16.5. The molecule has 1 N–H and O–H groups in total. The summed E-state index contributed by atoms with van der Waals surface area (Å²) in [4.78, 5) is 10.6. The summed E-state index contributed by atoms with van der Waals surface area (Å²) in [5.41, 5.74) is 6.72. The lowest BCUT2D eigenvalue weighted by Crippen LogP contribution is -1.99. The zero-order valence-electron chi connectivity index (χ0n) is 13.4. The van der Waals surface area contributed by atoms with Gasteiger partial charge in [-0.15, -0.1) is 0 Å². The van der Waals surface area contributed by atoms with Crippen LogP contribution in [-0.4, -0.2) is 17.7 Å². The largest absolute Gasteiger partial charge is 0.487 e. The van der Waals surface area contributed by atoms with E-state index < -0.39 is 4.92 Å². The number of anilines is 1. The highest BCUT2D eigenvalue weighted by Crippen LogP contribution is 2.27. The van der Waals surface area contributed by atoms with E-state index in [0.29, 0.717) is 12.2 Å². The molecule has 0 unspecified atom stereocenters. The number of hydrogen-bond acceptors (Lipinski definition) is 5. The second kappa shape index (κ2) is 7.40. The monoisotopic (exact) mass is 313 g/mol. The number of nitrogens with zero attached hydrogens (tertiary/aromatic N) is 2. The lowest BCUT2D eigenvalue weighted by molar-refractivity contribution is -0.385. The molecule has 0 aliphatic carbocycles. The molecule has 0 heterocycles. The number of nitrogens with one attached hydrogen (secondary N) is 1. The predicted octanol–water partition coefficient (Wildman–Crippen LogP) is 4.06. The molecule has 2 rings (SSSR count). The summed E-state index contributed by atoms with van der Waals surface area (Å²) >= 11 is 0. The first-order chi connectivity index (χ1) is 11.0. The van der Waals surface area contributed by atoms with Gasteiger partial charge in [0.25, 0.3) is 0 Å². The van der Waals surface area contributed by atoms with Gasteiger partial charge in [0.1, 0.15) is 0 Å². The number of rotatable bonds is 6. The van der Waals surface area contributed by atoms with Gasteiger partial charge in [-0.3, -0.25) is 15.5 Å². The van der Waals surface area contributed by atoms with Gasteiger partial charge in [0, 0.05) is 11.6 Å². The van der Waals surface area contributed by atoms with Crippen LogP contribution in [0, 0.1) is 24.0 Å². The van der Waals surface area contributed by atoms with Crippen molar-refractivity contribution < 1.29 is 9.66 Å². The Morgan fingerprint density at radius 2 is 2.00 bits per heavy atom. The van der Waals surface area contributed by atoms with Crippen molar-refractivity contribution in [2.45, 2.75) is 20.8 Å². The number of nitro groups is 1. The van der Waals surface area contributed by atoms with Gasteiger partial charge >= 0.3 is 5.69 Å². The topological polar surface area (TPSA) is 76.8 Å². The Labute approximate surface area is 134 Å². The SMILES string of the molecule is CCOc1ccc(/C=N/Nc2ccc(C)c(C)c2)cc1[N+](=O)[O-]. The second-order valence-corrected chi connectivity index (χ2v) is 5.09. The molecule has 0 saturated carbocycles. The molecule has 0 bridgehead atoms. The molecule has 0 fully saturated rings. The van der Waals surface area contributed by atoms with Crippen LogP contribution in [0.4, 0.5) is 11.4 Å². The molecule has 2 aromatic rings. The fourth-order valence-electron chi connectivity index (χ4n) is 2.03. The van der Waals surface area contributed by atoms with Crippen LogP contribution in [0.3, 0.4) is 0 Å².